The van der Waals surface area contributed by atoms with Gasteiger partial charge in [-0.05, 0) is 35.5 Å². The van der Waals surface area contributed by atoms with Crippen molar-refractivity contribution in [3.05, 3.63) is 42.5 Å². The van der Waals surface area contributed by atoms with E-state index in [0.29, 0.717) is 24.7 Å². The van der Waals surface area contributed by atoms with Gasteiger partial charge in [-0.15, -0.1) is 15.3 Å². The number of hydrogen-bond donors (Lipinski definition) is 2. The van der Waals surface area contributed by atoms with Crippen LogP contribution in [0.1, 0.15) is 18.8 Å². The van der Waals surface area contributed by atoms with E-state index < -0.39 is 17.9 Å². The zero-order chi connectivity index (χ0) is 19.2. The Morgan fingerprint density at radius 2 is 2.19 bits per heavy atom. The van der Waals surface area contributed by atoms with E-state index in [1.807, 2.05) is 0 Å². The van der Waals surface area contributed by atoms with E-state index in [1.165, 1.54) is 29.2 Å². The Kier molecular flexibility index (Phi) is 5.66. The van der Waals surface area contributed by atoms with E-state index in [4.69, 9.17) is 4.74 Å². The highest BCUT2D eigenvalue weighted by Crippen LogP contribution is 2.18. The molecule has 0 aliphatic rings. The van der Waals surface area contributed by atoms with Crippen LogP contribution in [0.25, 0.3) is 5.69 Å². The van der Waals surface area contributed by atoms with Crippen LogP contribution >= 0.6 is 0 Å². The number of benzene rings is 1. The van der Waals surface area contributed by atoms with Crippen molar-refractivity contribution in [1.82, 2.24) is 40.3 Å². The molecule has 0 aliphatic carbocycles. The van der Waals surface area contributed by atoms with E-state index in [1.54, 1.807) is 24.9 Å². The average Bonchev–Trinajstić information content (AvgIpc) is 3.33. The largest absolute Gasteiger partial charge is 0.383 e. The molecule has 12 heteroatoms. The van der Waals surface area contributed by atoms with E-state index in [-0.39, 0.29) is 5.69 Å². The van der Waals surface area contributed by atoms with Crippen LogP contribution < -0.4 is 10.6 Å². The highest BCUT2D eigenvalue weighted by Gasteiger charge is 2.17. The summed E-state index contributed by atoms with van der Waals surface area (Å²) in [5.74, 6) is -0.0250. The molecule has 1 unspecified atom stereocenters. The number of ether oxygens (including phenoxy) is 1. The lowest BCUT2D eigenvalue weighted by Crippen LogP contribution is -2.33. The smallest absolute Gasteiger partial charge is 0.319 e. The fourth-order valence-electron chi connectivity index (χ4n) is 2.41. The summed E-state index contributed by atoms with van der Waals surface area (Å²) in [4.78, 5) is 12.3. The van der Waals surface area contributed by atoms with Gasteiger partial charge in [0, 0.05) is 13.7 Å². The third-order valence-corrected chi connectivity index (χ3v) is 3.73. The summed E-state index contributed by atoms with van der Waals surface area (Å²) < 4.78 is 22.2. The Hall–Kier alpha value is -3.41. The summed E-state index contributed by atoms with van der Waals surface area (Å²) in [5.41, 5.74) is 0.498. The topological polar surface area (TPSA) is 125 Å². The first-order valence-electron chi connectivity index (χ1n) is 8.05. The Balaban J connectivity index is 1.67. The number of aromatic nitrogens is 7. The number of carbonyl (C=O) groups is 1. The number of tetrazole rings is 1. The van der Waals surface area contributed by atoms with E-state index in [2.05, 4.69) is 36.4 Å². The molecule has 3 rings (SSSR count). The Morgan fingerprint density at radius 1 is 1.33 bits per heavy atom. The normalized spacial score (nSPS) is 12.0. The number of urea groups is 1. The fraction of sp³-hybridized carbons (Fsp3) is 0.333. The molecule has 0 bridgehead atoms. The lowest BCUT2D eigenvalue weighted by atomic mass is 10.2. The molecule has 2 heterocycles. The maximum atomic E-state index is 14.0. The average molecular weight is 375 g/mol. The predicted molar refractivity (Wildman–Crippen MR) is 91.6 cm³/mol. The van der Waals surface area contributed by atoms with Crippen LogP contribution in [-0.2, 0) is 11.3 Å². The van der Waals surface area contributed by atoms with Gasteiger partial charge in [0.05, 0.1) is 24.0 Å². The molecule has 0 fully saturated rings. The highest BCUT2D eigenvalue weighted by atomic mass is 19.1. The van der Waals surface area contributed by atoms with Crippen molar-refractivity contribution in [1.29, 1.82) is 0 Å². The standard InChI is InChI=1S/C15H18FN9O2/c1-10(14-21-17-8-24(14)5-6-27-2)19-15(26)20-13-7-11(3-4-12(13)16)25-9-18-22-23-25/h3-4,7-10H,5-6H2,1-2H3,(H2,19,20,26). The molecule has 0 saturated carbocycles. The number of carbonyl (C=O) groups excluding carboxylic acids is 1. The van der Waals surface area contributed by atoms with Crippen LogP contribution in [0.4, 0.5) is 14.9 Å². The van der Waals surface area contributed by atoms with Crippen molar-refractivity contribution in [3.63, 3.8) is 0 Å². The molecule has 0 saturated heterocycles. The summed E-state index contributed by atoms with van der Waals surface area (Å²) in [6.45, 7) is 2.79. The molecule has 1 atom stereocenters. The van der Waals surface area contributed by atoms with Gasteiger partial charge in [0.15, 0.2) is 5.82 Å². The van der Waals surface area contributed by atoms with Crippen molar-refractivity contribution in [2.45, 2.75) is 19.5 Å². The minimum absolute atomic E-state index is 0.00597. The van der Waals surface area contributed by atoms with Gasteiger partial charge in [0.1, 0.15) is 18.5 Å². The monoisotopic (exact) mass is 375 g/mol. The first kappa shape index (κ1) is 18.4. The van der Waals surface area contributed by atoms with Gasteiger partial charge in [-0.1, -0.05) is 0 Å². The second-order valence-corrected chi connectivity index (χ2v) is 5.61. The number of hydrogen-bond acceptors (Lipinski definition) is 7. The Labute approximate surface area is 153 Å². The van der Waals surface area contributed by atoms with Gasteiger partial charge in [-0.25, -0.2) is 13.9 Å². The highest BCUT2D eigenvalue weighted by molar-refractivity contribution is 5.89. The minimum Gasteiger partial charge on any atom is -0.383 e. The number of anilines is 1. The van der Waals surface area contributed by atoms with Crippen molar-refractivity contribution < 1.29 is 13.9 Å². The molecule has 2 aromatic heterocycles. The number of methoxy groups -OCH3 is 1. The lowest BCUT2D eigenvalue weighted by molar-refractivity contribution is 0.185. The molecule has 0 radical (unpaired) electrons. The molecular weight excluding hydrogens is 357 g/mol. The third kappa shape index (κ3) is 4.41. The van der Waals surface area contributed by atoms with Crippen LogP contribution in [0.2, 0.25) is 0 Å². The molecule has 0 aliphatic heterocycles. The maximum absolute atomic E-state index is 14.0. The van der Waals surface area contributed by atoms with Gasteiger partial charge in [0.25, 0.3) is 0 Å². The van der Waals surface area contributed by atoms with E-state index in [9.17, 15) is 9.18 Å². The zero-order valence-corrected chi connectivity index (χ0v) is 14.7. The van der Waals surface area contributed by atoms with Gasteiger partial charge in [-0.2, -0.15) is 0 Å². The van der Waals surface area contributed by atoms with Crippen molar-refractivity contribution >= 4 is 11.7 Å². The Morgan fingerprint density at radius 3 is 2.93 bits per heavy atom. The molecule has 0 spiro atoms. The number of halogens is 1. The van der Waals surface area contributed by atoms with E-state index in [0.717, 1.165) is 0 Å². The zero-order valence-electron chi connectivity index (χ0n) is 14.7. The molecular formula is C15H18FN9O2. The van der Waals surface area contributed by atoms with Gasteiger partial charge < -0.3 is 19.9 Å². The van der Waals surface area contributed by atoms with Crippen LogP contribution in [0.15, 0.2) is 30.9 Å². The first-order chi connectivity index (χ1) is 13.1. The van der Waals surface area contributed by atoms with E-state index >= 15 is 0 Å². The Bertz CT molecular complexity index is 897. The molecule has 27 heavy (non-hydrogen) atoms. The fourth-order valence-corrected chi connectivity index (χ4v) is 2.41. The quantitative estimate of drug-likeness (QED) is 0.629. The number of rotatable bonds is 7. The lowest BCUT2D eigenvalue weighted by Gasteiger charge is -2.16. The van der Waals surface area contributed by atoms with Crippen LogP contribution in [-0.4, -0.2) is 54.7 Å². The summed E-state index contributed by atoms with van der Waals surface area (Å²) >= 11 is 0. The molecule has 11 nitrogen and oxygen atoms in total. The molecule has 2 N–H and O–H groups in total. The van der Waals surface area contributed by atoms with Gasteiger partial charge in [0.2, 0.25) is 0 Å². The second kappa shape index (κ2) is 8.31. The van der Waals surface area contributed by atoms with Crippen LogP contribution in [0.5, 0.6) is 0 Å². The summed E-state index contributed by atoms with van der Waals surface area (Å²) in [6.07, 6.45) is 2.92. The third-order valence-electron chi connectivity index (χ3n) is 3.73. The molecule has 2 amide bonds. The number of amides is 2. The number of nitrogens with one attached hydrogen (secondary N) is 2. The van der Waals surface area contributed by atoms with Crippen LogP contribution in [0.3, 0.4) is 0 Å². The van der Waals surface area contributed by atoms with Crippen molar-refractivity contribution in [3.8, 4) is 5.69 Å². The second-order valence-electron chi connectivity index (χ2n) is 5.61. The summed E-state index contributed by atoms with van der Waals surface area (Å²) in [6, 6.07) is 3.11. The minimum atomic E-state index is -0.587. The SMILES string of the molecule is COCCn1cnnc1C(C)NC(=O)Nc1cc(-n2cnnn2)ccc1F. The van der Waals surface area contributed by atoms with Crippen molar-refractivity contribution in [2.75, 3.05) is 19.0 Å². The predicted octanol–water partition coefficient (Wildman–Crippen LogP) is 0.922. The number of nitrogens with zero attached hydrogens (tertiary/aromatic N) is 7. The van der Waals surface area contributed by atoms with Gasteiger partial charge >= 0.3 is 6.03 Å². The first-order valence-corrected chi connectivity index (χ1v) is 8.05. The summed E-state index contributed by atoms with van der Waals surface area (Å²) in [5, 5.41) is 23.8. The molecule has 142 valence electrons. The van der Waals surface area contributed by atoms with Crippen LogP contribution in [0, 0.1) is 5.82 Å². The molecule has 3 aromatic rings. The maximum Gasteiger partial charge on any atom is 0.319 e. The molecule has 1 aromatic carbocycles. The van der Waals surface area contributed by atoms with Crippen molar-refractivity contribution in [2.24, 2.45) is 0 Å². The summed E-state index contributed by atoms with van der Waals surface area (Å²) in [7, 11) is 1.59. The van der Waals surface area contributed by atoms with Gasteiger partial charge in [-0.3, -0.25) is 0 Å².